The van der Waals surface area contributed by atoms with Crippen molar-refractivity contribution < 1.29 is 18.7 Å². The Morgan fingerprint density at radius 1 is 1.19 bits per heavy atom. The fourth-order valence-corrected chi connectivity index (χ4v) is 2.14. The van der Waals surface area contributed by atoms with Gasteiger partial charge in [-0.05, 0) is 23.6 Å². The lowest BCUT2D eigenvalue weighted by molar-refractivity contribution is -0.122. The summed E-state index contributed by atoms with van der Waals surface area (Å²) in [7, 11) is 0. The second-order valence-corrected chi connectivity index (χ2v) is 5.06. The van der Waals surface area contributed by atoms with E-state index in [0.717, 1.165) is 4.88 Å². The zero-order valence-corrected chi connectivity index (χ0v) is 11.8. The zero-order valence-electron chi connectivity index (χ0n) is 11.0. The Labute approximate surface area is 124 Å². The van der Waals surface area contributed by atoms with E-state index in [1.807, 2.05) is 17.5 Å². The van der Waals surface area contributed by atoms with Gasteiger partial charge in [0.05, 0.1) is 6.54 Å². The number of halogens is 1. The number of amides is 3. The fourth-order valence-electron chi connectivity index (χ4n) is 1.49. The first-order valence-electron chi connectivity index (χ1n) is 6.12. The van der Waals surface area contributed by atoms with Gasteiger partial charge in [-0.15, -0.1) is 11.3 Å². The van der Waals surface area contributed by atoms with Crippen molar-refractivity contribution in [1.82, 2.24) is 10.6 Å². The number of hydrogen-bond donors (Lipinski definition) is 2. The van der Waals surface area contributed by atoms with Crippen LogP contribution in [0.3, 0.4) is 0 Å². The number of nitrogens with one attached hydrogen (secondary N) is 2. The van der Waals surface area contributed by atoms with E-state index in [0.29, 0.717) is 6.54 Å². The van der Waals surface area contributed by atoms with Crippen molar-refractivity contribution in [3.8, 4) is 5.75 Å². The first-order chi connectivity index (χ1) is 10.1. The van der Waals surface area contributed by atoms with E-state index in [1.165, 1.54) is 29.5 Å². The lowest BCUT2D eigenvalue weighted by atomic mass is 10.3. The third kappa shape index (κ3) is 4.88. The van der Waals surface area contributed by atoms with Gasteiger partial charge in [-0.25, -0.2) is 9.18 Å². The first kappa shape index (κ1) is 15.0. The molecule has 0 saturated heterocycles. The molecule has 5 nitrogen and oxygen atoms in total. The van der Waals surface area contributed by atoms with Crippen LogP contribution >= 0.6 is 11.3 Å². The SMILES string of the molecule is O=C(COc1ccccc1F)NC(=O)NCc1cccs1. The molecule has 1 aromatic carbocycles. The van der Waals surface area contributed by atoms with Crippen LogP contribution in [0.15, 0.2) is 41.8 Å². The zero-order chi connectivity index (χ0) is 15.1. The summed E-state index contributed by atoms with van der Waals surface area (Å²) in [6.45, 7) is -0.0989. The maximum Gasteiger partial charge on any atom is 0.321 e. The van der Waals surface area contributed by atoms with Crippen LogP contribution in [0.4, 0.5) is 9.18 Å². The molecule has 7 heteroatoms. The van der Waals surface area contributed by atoms with Crippen LogP contribution < -0.4 is 15.4 Å². The van der Waals surface area contributed by atoms with Crippen molar-refractivity contribution in [1.29, 1.82) is 0 Å². The number of hydrogen-bond acceptors (Lipinski definition) is 4. The van der Waals surface area contributed by atoms with E-state index in [9.17, 15) is 14.0 Å². The summed E-state index contributed by atoms with van der Waals surface area (Å²) in [6.07, 6.45) is 0. The molecule has 2 aromatic rings. The number of ether oxygens (including phenoxy) is 1. The summed E-state index contributed by atoms with van der Waals surface area (Å²) < 4.78 is 18.2. The molecule has 0 radical (unpaired) electrons. The number of thiophene rings is 1. The molecule has 1 aromatic heterocycles. The van der Waals surface area contributed by atoms with Crippen LogP contribution in [0.2, 0.25) is 0 Å². The van der Waals surface area contributed by atoms with Gasteiger partial charge in [-0.1, -0.05) is 18.2 Å². The van der Waals surface area contributed by atoms with Gasteiger partial charge in [-0.2, -0.15) is 0 Å². The summed E-state index contributed by atoms with van der Waals surface area (Å²) >= 11 is 1.50. The van der Waals surface area contributed by atoms with Crippen molar-refractivity contribution in [3.05, 3.63) is 52.5 Å². The highest BCUT2D eigenvalue weighted by Crippen LogP contribution is 2.14. The Balaban J connectivity index is 1.71. The van der Waals surface area contributed by atoms with Crippen LogP contribution in [-0.4, -0.2) is 18.5 Å². The third-order valence-electron chi connectivity index (χ3n) is 2.45. The summed E-state index contributed by atoms with van der Waals surface area (Å²) in [6, 6.07) is 8.84. The predicted octanol–water partition coefficient (Wildman–Crippen LogP) is 2.29. The van der Waals surface area contributed by atoms with Crippen molar-refractivity contribution >= 4 is 23.3 Å². The Morgan fingerprint density at radius 3 is 2.71 bits per heavy atom. The number of carbonyl (C=O) groups excluding carboxylic acids is 2. The van der Waals surface area contributed by atoms with Gasteiger partial charge >= 0.3 is 6.03 Å². The average molecular weight is 308 g/mol. The highest BCUT2D eigenvalue weighted by molar-refractivity contribution is 7.09. The van der Waals surface area contributed by atoms with Gasteiger partial charge in [0.2, 0.25) is 0 Å². The number of imide groups is 1. The van der Waals surface area contributed by atoms with Crippen LogP contribution in [0.1, 0.15) is 4.88 Å². The molecule has 2 N–H and O–H groups in total. The van der Waals surface area contributed by atoms with Crippen LogP contribution in [-0.2, 0) is 11.3 Å². The number of carbonyl (C=O) groups is 2. The largest absolute Gasteiger partial charge is 0.481 e. The second kappa shape index (κ2) is 7.39. The molecule has 0 spiro atoms. The van der Waals surface area contributed by atoms with Crippen LogP contribution in [0.25, 0.3) is 0 Å². The van der Waals surface area contributed by atoms with E-state index in [-0.39, 0.29) is 5.75 Å². The summed E-state index contributed by atoms with van der Waals surface area (Å²) in [4.78, 5) is 23.9. The summed E-state index contributed by atoms with van der Waals surface area (Å²) in [5, 5.41) is 6.53. The first-order valence-corrected chi connectivity index (χ1v) is 7.00. The molecule has 110 valence electrons. The molecule has 0 bridgehead atoms. The van der Waals surface area contributed by atoms with Crippen molar-refractivity contribution in [3.63, 3.8) is 0 Å². The Morgan fingerprint density at radius 2 is 2.00 bits per heavy atom. The predicted molar refractivity (Wildman–Crippen MR) is 76.6 cm³/mol. The molecule has 0 atom stereocenters. The second-order valence-electron chi connectivity index (χ2n) is 4.03. The van der Waals surface area contributed by atoms with E-state index in [1.54, 1.807) is 6.07 Å². The third-order valence-corrected chi connectivity index (χ3v) is 3.33. The molecule has 0 fully saturated rings. The fraction of sp³-hybridized carbons (Fsp3) is 0.143. The number of benzene rings is 1. The monoisotopic (exact) mass is 308 g/mol. The minimum absolute atomic E-state index is 0.0355. The highest BCUT2D eigenvalue weighted by atomic mass is 32.1. The molecule has 0 aliphatic carbocycles. The topological polar surface area (TPSA) is 67.4 Å². The van der Waals surface area contributed by atoms with Crippen molar-refractivity contribution in [2.45, 2.75) is 6.54 Å². The highest BCUT2D eigenvalue weighted by Gasteiger charge is 2.09. The van der Waals surface area contributed by atoms with E-state index >= 15 is 0 Å². The van der Waals surface area contributed by atoms with Crippen molar-refractivity contribution in [2.24, 2.45) is 0 Å². The lowest BCUT2D eigenvalue weighted by Gasteiger charge is -2.08. The smallest absolute Gasteiger partial charge is 0.321 e. The van der Waals surface area contributed by atoms with Gasteiger partial charge in [-0.3, -0.25) is 10.1 Å². The molecule has 0 aliphatic heterocycles. The van der Waals surface area contributed by atoms with Crippen LogP contribution in [0, 0.1) is 5.82 Å². The molecule has 0 saturated carbocycles. The average Bonchev–Trinajstić information content (AvgIpc) is 2.97. The Bertz CT molecular complexity index is 616. The lowest BCUT2D eigenvalue weighted by Crippen LogP contribution is -2.41. The van der Waals surface area contributed by atoms with Gasteiger partial charge < -0.3 is 10.1 Å². The molecule has 2 rings (SSSR count). The van der Waals surface area contributed by atoms with Crippen molar-refractivity contribution in [2.75, 3.05) is 6.61 Å². The van der Waals surface area contributed by atoms with E-state index < -0.39 is 24.4 Å². The number of urea groups is 1. The number of para-hydroxylation sites is 1. The van der Waals surface area contributed by atoms with E-state index in [4.69, 9.17) is 4.74 Å². The van der Waals surface area contributed by atoms with Gasteiger partial charge in [0.25, 0.3) is 5.91 Å². The molecular formula is C14H13FN2O3S. The maximum absolute atomic E-state index is 13.2. The quantitative estimate of drug-likeness (QED) is 0.890. The Kier molecular flexibility index (Phi) is 5.28. The Hall–Kier alpha value is -2.41. The normalized spacial score (nSPS) is 9.95. The van der Waals surface area contributed by atoms with Crippen LogP contribution in [0.5, 0.6) is 5.75 Å². The minimum Gasteiger partial charge on any atom is -0.481 e. The van der Waals surface area contributed by atoms with Gasteiger partial charge in [0.15, 0.2) is 18.2 Å². The molecule has 1 heterocycles. The molecular weight excluding hydrogens is 295 g/mol. The van der Waals surface area contributed by atoms with Gasteiger partial charge in [0, 0.05) is 4.88 Å². The minimum atomic E-state index is -0.651. The molecule has 0 unspecified atom stereocenters. The van der Waals surface area contributed by atoms with Gasteiger partial charge in [0.1, 0.15) is 0 Å². The molecule has 0 aliphatic rings. The molecule has 21 heavy (non-hydrogen) atoms. The summed E-state index contributed by atoms with van der Waals surface area (Å²) in [5.41, 5.74) is 0. The molecule has 3 amide bonds. The van der Waals surface area contributed by atoms with E-state index in [2.05, 4.69) is 10.6 Å². The number of rotatable bonds is 5. The summed E-state index contributed by atoms with van der Waals surface area (Å²) in [5.74, 6) is -1.25. The maximum atomic E-state index is 13.2. The standard InChI is InChI=1S/C14H13FN2O3S/c15-11-5-1-2-6-12(11)20-9-13(18)17-14(19)16-8-10-4-3-7-21-10/h1-7H,8-9H2,(H2,16,17,18,19).